The Labute approximate surface area is 143 Å². The van der Waals surface area contributed by atoms with Gasteiger partial charge in [-0.25, -0.2) is 13.8 Å². The van der Waals surface area contributed by atoms with Crippen molar-refractivity contribution in [3.05, 3.63) is 83.4 Å². The molecule has 1 atom stereocenters. The van der Waals surface area contributed by atoms with Gasteiger partial charge in [-0.2, -0.15) is 5.10 Å². The predicted octanol–water partition coefficient (Wildman–Crippen LogP) is 4.19. The van der Waals surface area contributed by atoms with Crippen molar-refractivity contribution in [1.29, 1.82) is 0 Å². The summed E-state index contributed by atoms with van der Waals surface area (Å²) >= 11 is 5.54. The van der Waals surface area contributed by atoms with Crippen LogP contribution >= 0.6 is 11.6 Å². The lowest BCUT2D eigenvalue weighted by Crippen LogP contribution is -1.88. The summed E-state index contributed by atoms with van der Waals surface area (Å²) in [6, 6.07) is 13.0. The average Bonchev–Trinajstić information content (AvgIpc) is 3.28. The first-order valence-corrected chi connectivity index (χ1v) is 7.49. The molecule has 24 heavy (non-hydrogen) atoms. The summed E-state index contributed by atoms with van der Waals surface area (Å²) < 4.78 is 31.7. The topological polar surface area (TPSA) is 43.2 Å². The molecule has 0 N–H and O–H groups in total. The maximum absolute atomic E-state index is 12.8. The minimum atomic E-state index is -0.549. The second-order valence-electron chi connectivity index (χ2n) is 4.85. The van der Waals surface area contributed by atoms with Gasteiger partial charge in [0, 0.05) is 23.7 Å². The smallest absolute Gasteiger partial charge is 0.137 e. The highest BCUT2D eigenvalue weighted by atomic mass is 35.5. The number of rotatable bonds is 1. The zero-order valence-electron chi connectivity index (χ0n) is 12.9. The first-order chi connectivity index (χ1) is 11.6. The van der Waals surface area contributed by atoms with Crippen molar-refractivity contribution < 1.29 is 13.5 Å². The fourth-order valence-corrected chi connectivity index (χ4v) is 1.82. The van der Waals surface area contributed by atoms with Gasteiger partial charge in [-0.15, -0.1) is 0 Å². The average molecular weight is 352 g/mol. The summed E-state index contributed by atoms with van der Waals surface area (Å²) in [6.45, 7) is 0.544. The molecule has 7 heteroatoms. The van der Waals surface area contributed by atoms with E-state index in [1.165, 1.54) is 18.5 Å². The quantitative estimate of drug-likeness (QED) is 0.617. The van der Waals surface area contributed by atoms with Gasteiger partial charge in [0.15, 0.2) is 0 Å². The number of epoxide rings is 1. The van der Waals surface area contributed by atoms with E-state index in [1.807, 2.05) is 37.4 Å². The van der Waals surface area contributed by atoms with Crippen molar-refractivity contribution in [2.45, 2.75) is 6.10 Å². The maximum atomic E-state index is 12.8. The molecule has 0 amide bonds. The zero-order chi connectivity index (χ0) is 17.4. The van der Waals surface area contributed by atoms with Crippen LogP contribution in [0, 0.1) is 11.6 Å². The van der Waals surface area contributed by atoms with E-state index < -0.39 is 11.6 Å². The highest BCUT2D eigenvalue weighted by Gasteiger charge is 2.27. The predicted molar refractivity (Wildman–Crippen MR) is 87.5 cm³/mol. The van der Waals surface area contributed by atoms with E-state index >= 15 is 0 Å². The monoisotopic (exact) mass is 351 g/mol. The molecule has 0 saturated carbocycles. The molecule has 1 aromatic heterocycles. The molecule has 4 rings (SSSR count). The van der Waals surface area contributed by atoms with Crippen molar-refractivity contribution in [3.63, 3.8) is 0 Å². The van der Waals surface area contributed by atoms with E-state index in [1.54, 1.807) is 11.0 Å². The van der Waals surface area contributed by atoms with Gasteiger partial charge >= 0.3 is 0 Å². The summed E-state index contributed by atoms with van der Waals surface area (Å²) in [7, 11) is 1.83. The summed E-state index contributed by atoms with van der Waals surface area (Å²) in [6.07, 6.45) is 3.00. The Morgan fingerprint density at radius 3 is 2.25 bits per heavy atom. The minimum absolute atomic E-state index is 0.143. The van der Waals surface area contributed by atoms with Crippen LogP contribution < -0.4 is 0 Å². The molecule has 3 aromatic rings. The lowest BCUT2D eigenvalue weighted by Gasteiger charge is -1.96. The third kappa shape index (κ3) is 6.44. The van der Waals surface area contributed by atoms with Crippen LogP contribution in [0.4, 0.5) is 8.78 Å². The maximum Gasteiger partial charge on any atom is 0.137 e. The van der Waals surface area contributed by atoms with Gasteiger partial charge in [-0.05, 0) is 18.2 Å². The largest absolute Gasteiger partial charge is 0.368 e. The molecule has 1 aliphatic rings. The lowest BCUT2D eigenvalue weighted by atomic mass is 10.1. The summed E-state index contributed by atoms with van der Waals surface area (Å²) in [4.78, 5) is 3.67. The van der Waals surface area contributed by atoms with Gasteiger partial charge in [0.2, 0.25) is 0 Å². The molecule has 1 fully saturated rings. The summed E-state index contributed by atoms with van der Waals surface area (Å²) in [5, 5.41) is 4.52. The zero-order valence-corrected chi connectivity index (χ0v) is 13.7. The van der Waals surface area contributed by atoms with Crippen molar-refractivity contribution in [1.82, 2.24) is 14.8 Å². The molecule has 2 aromatic carbocycles. The van der Waals surface area contributed by atoms with Crippen LogP contribution in [0.15, 0.2) is 61.2 Å². The number of nitrogens with zero attached hydrogens (tertiary/aromatic N) is 3. The Balaban J connectivity index is 0.000000139. The molecule has 0 spiro atoms. The second-order valence-corrected chi connectivity index (χ2v) is 5.29. The van der Waals surface area contributed by atoms with E-state index in [-0.39, 0.29) is 6.10 Å². The van der Waals surface area contributed by atoms with Gasteiger partial charge in [0.1, 0.15) is 30.4 Å². The van der Waals surface area contributed by atoms with Crippen molar-refractivity contribution >= 4 is 11.6 Å². The van der Waals surface area contributed by atoms with Crippen LogP contribution in [0.3, 0.4) is 0 Å². The van der Waals surface area contributed by atoms with Crippen LogP contribution in [0.1, 0.15) is 11.7 Å². The third-order valence-corrected chi connectivity index (χ3v) is 3.16. The van der Waals surface area contributed by atoms with Crippen LogP contribution in [0.2, 0.25) is 5.02 Å². The van der Waals surface area contributed by atoms with Crippen molar-refractivity contribution in [3.8, 4) is 0 Å². The van der Waals surface area contributed by atoms with E-state index in [4.69, 9.17) is 16.3 Å². The van der Waals surface area contributed by atoms with Crippen molar-refractivity contribution in [2.75, 3.05) is 6.61 Å². The molecule has 1 saturated heterocycles. The number of hydrogen-bond acceptors (Lipinski definition) is 3. The van der Waals surface area contributed by atoms with Gasteiger partial charge < -0.3 is 4.74 Å². The van der Waals surface area contributed by atoms with Crippen LogP contribution in [-0.2, 0) is 11.8 Å². The van der Waals surface area contributed by atoms with E-state index in [0.717, 1.165) is 11.1 Å². The van der Waals surface area contributed by atoms with Crippen LogP contribution in [0.25, 0.3) is 0 Å². The number of ether oxygens (including phenoxy) is 1. The van der Waals surface area contributed by atoms with Gasteiger partial charge in [-0.3, -0.25) is 4.68 Å². The van der Waals surface area contributed by atoms with E-state index in [9.17, 15) is 8.78 Å². The molecule has 126 valence electrons. The Morgan fingerprint density at radius 1 is 1.17 bits per heavy atom. The summed E-state index contributed by atoms with van der Waals surface area (Å²) in [5.74, 6) is -1.07. The summed E-state index contributed by atoms with van der Waals surface area (Å²) in [5.41, 5.74) is 0.450. The fourth-order valence-electron chi connectivity index (χ4n) is 1.67. The molecule has 0 radical (unpaired) electrons. The Morgan fingerprint density at radius 2 is 1.88 bits per heavy atom. The standard InChI is InChI=1S/C8H6F2O.C6H5Cl.C3H5N3/c9-5-1-2-6(7(10)3-5)8-4-11-8;7-6-4-2-1-3-5-6;1-6-3-4-2-5-6/h1-3,8H,4H2;1-5H;2-3H,1H3/t8-;;/m0../s1. The van der Waals surface area contributed by atoms with Crippen LogP contribution in [0.5, 0.6) is 0 Å². The van der Waals surface area contributed by atoms with E-state index in [0.29, 0.717) is 12.2 Å². The number of aryl methyl sites for hydroxylation is 1. The normalized spacial score (nSPS) is 14.8. The first-order valence-electron chi connectivity index (χ1n) is 7.12. The fraction of sp³-hybridized carbons (Fsp3) is 0.176. The first kappa shape index (κ1) is 18.0. The molecule has 0 unspecified atom stereocenters. The van der Waals surface area contributed by atoms with Crippen LogP contribution in [-0.4, -0.2) is 21.4 Å². The number of halogens is 3. The van der Waals surface area contributed by atoms with Gasteiger partial charge in [-0.1, -0.05) is 35.9 Å². The van der Waals surface area contributed by atoms with E-state index in [2.05, 4.69) is 10.1 Å². The second kappa shape index (κ2) is 9.10. The molecule has 0 bridgehead atoms. The highest BCUT2D eigenvalue weighted by Crippen LogP contribution is 2.31. The molecule has 4 nitrogen and oxygen atoms in total. The van der Waals surface area contributed by atoms with Crippen molar-refractivity contribution in [2.24, 2.45) is 7.05 Å². The number of hydrogen-bond donors (Lipinski definition) is 0. The van der Waals surface area contributed by atoms with Gasteiger partial charge in [0.25, 0.3) is 0 Å². The number of aromatic nitrogens is 3. The Kier molecular flexibility index (Phi) is 6.84. The molecule has 1 aliphatic heterocycles. The third-order valence-electron chi connectivity index (χ3n) is 2.91. The Bertz CT molecular complexity index is 735. The number of benzene rings is 2. The molecule has 2 heterocycles. The Hall–Kier alpha value is -2.31. The lowest BCUT2D eigenvalue weighted by molar-refractivity contribution is 0.407. The minimum Gasteiger partial charge on any atom is -0.368 e. The molecule has 0 aliphatic carbocycles. The SMILES string of the molecule is Clc1ccccc1.Cn1cncn1.Fc1ccc([C@@H]2CO2)c(F)c1. The molecular formula is C17H16ClF2N3O. The highest BCUT2D eigenvalue weighted by molar-refractivity contribution is 6.30. The molecular weight excluding hydrogens is 336 g/mol. The van der Waals surface area contributed by atoms with Gasteiger partial charge in [0.05, 0.1) is 6.61 Å².